The minimum Gasteiger partial charge on any atom is -0.226 e. The molecule has 0 aromatic rings. The van der Waals surface area contributed by atoms with E-state index in [0.29, 0.717) is 0 Å². The predicted molar refractivity (Wildman–Crippen MR) is 60.1 cm³/mol. The van der Waals surface area contributed by atoms with Crippen molar-refractivity contribution < 1.29 is 0 Å². The third-order valence-corrected chi connectivity index (χ3v) is 1.16. The normalized spacial score (nSPS) is 10.7. The number of hydrogen-bond acceptors (Lipinski definition) is 3. The van der Waals surface area contributed by atoms with Crippen LogP contribution in [0.15, 0.2) is 29.5 Å². The minimum atomic E-state index is 0.801. The number of nitrogens with zero attached hydrogens (tertiary/aromatic N) is 2. The molecule has 0 heterocycles. The van der Waals surface area contributed by atoms with E-state index in [1.54, 1.807) is 12.3 Å². The maximum Gasteiger partial charge on any atom is 0.0727 e. The Morgan fingerprint density at radius 3 is 2.38 bits per heavy atom. The Labute approximate surface area is 81.6 Å². The molecule has 0 rings (SSSR count). The van der Waals surface area contributed by atoms with Crippen molar-refractivity contribution in [1.29, 1.82) is 0 Å². The summed E-state index contributed by atoms with van der Waals surface area (Å²) in [6.07, 6.45) is 6.13. The lowest BCUT2D eigenvalue weighted by Gasteiger charge is -2.11. The van der Waals surface area contributed by atoms with Crippen LogP contribution in [0.5, 0.6) is 0 Å². The van der Waals surface area contributed by atoms with Gasteiger partial charge >= 0.3 is 0 Å². The highest BCUT2D eigenvalue weighted by atomic mass is 15.6. The summed E-state index contributed by atoms with van der Waals surface area (Å²) in [5.41, 5.74) is 0.801. The maximum atomic E-state index is 5.52. The van der Waals surface area contributed by atoms with Crippen LogP contribution in [0, 0.1) is 0 Å². The molecule has 0 bridgehead atoms. The Morgan fingerprint density at radius 2 is 2.08 bits per heavy atom. The first-order valence-corrected chi connectivity index (χ1v) is 4.62. The topological polar surface area (TPSA) is 41.6 Å². The van der Waals surface area contributed by atoms with E-state index in [4.69, 9.17) is 5.84 Å². The number of hydrogen-bond donors (Lipinski definition) is 1. The van der Waals surface area contributed by atoms with E-state index < -0.39 is 0 Å². The van der Waals surface area contributed by atoms with Gasteiger partial charge in [-0.25, -0.2) is 11.0 Å². The summed E-state index contributed by atoms with van der Waals surface area (Å²) in [5, 5.41) is 5.23. The molecule has 0 aromatic heterocycles. The highest BCUT2D eigenvalue weighted by Crippen LogP contribution is 1.98. The predicted octanol–water partition coefficient (Wildman–Crippen LogP) is 2.67. The molecule has 0 atom stereocenters. The molecule has 0 saturated heterocycles. The molecule has 0 aliphatic rings. The van der Waals surface area contributed by atoms with Gasteiger partial charge in [-0.3, -0.25) is 0 Å². The van der Waals surface area contributed by atoms with Gasteiger partial charge < -0.3 is 0 Å². The fraction of sp³-hybridized carbons (Fsp3) is 0.500. The first kappa shape index (κ1) is 14.4. The summed E-state index contributed by atoms with van der Waals surface area (Å²) in [6.45, 7) is 11.5. The van der Waals surface area contributed by atoms with Crippen LogP contribution in [-0.4, -0.2) is 11.3 Å². The summed E-state index contributed by atoms with van der Waals surface area (Å²) in [7, 11) is 0. The lowest BCUT2D eigenvalue weighted by atomic mass is 10.4. The van der Waals surface area contributed by atoms with Crippen molar-refractivity contribution in [1.82, 2.24) is 5.12 Å². The molecule has 3 nitrogen and oxygen atoms in total. The third-order valence-electron chi connectivity index (χ3n) is 1.16. The molecule has 0 radical (unpaired) electrons. The SMILES string of the molecule is C=C/C(=C/C)N(N)/N=C\CC.CC. The average Bonchev–Trinajstić information content (AvgIpc) is 2.19. The molecule has 3 heteroatoms. The van der Waals surface area contributed by atoms with Crippen molar-refractivity contribution >= 4 is 6.21 Å². The molecule has 0 spiro atoms. The summed E-state index contributed by atoms with van der Waals surface area (Å²) < 4.78 is 0. The van der Waals surface area contributed by atoms with Crippen molar-refractivity contribution in [2.45, 2.75) is 34.1 Å². The van der Waals surface area contributed by atoms with Gasteiger partial charge in [0.2, 0.25) is 0 Å². The molecule has 0 saturated carbocycles. The van der Waals surface area contributed by atoms with Crippen molar-refractivity contribution in [2.24, 2.45) is 10.9 Å². The molecular formula is C10H21N3. The van der Waals surface area contributed by atoms with Crippen LogP contribution in [0.4, 0.5) is 0 Å². The number of nitrogens with two attached hydrogens (primary N) is 1. The highest BCUT2D eigenvalue weighted by molar-refractivity contribution is 5.56. The Morgan fingerprint density at radius 1 is 1.54 bits per heavy atom. The van der Waals surface area contributed by atoms with E-state index in [-0.39, 0.29) is 0 Å². The number of hydrazone groups is 1. The molecule has 76 valence electrons. The molecular weight excluding hydrogens is 162 g/mol. The minimum absolute atomic E-state index is 0.801. The molecule has 0 amide bonds. The molecule has 2 N–H and O–H groups in total. The average molecular weight is 183 g/mol. The molecule has 0 fully saturated rings. The quantitative estimate of drug-likeness (QED) is 0.315. The second kappa shape index (κ2) is 10.9. The van der Waals surface area contributed by atoms with Gasteiger partial charge in [0.05, 0.1) is 5.70 Å². The van der Waals surface area contributed by atoms with Crippen LogP contribution in [0.2, 0.25) is 0 Å². The summed E-state index contributed by atoms with van der Waals surface area (Å²) in [5.74, 6) is 5.52. The lowest BCUT2D eigenvalue weighted by molar-refractivity contribution is 0.395. The van der Waals surface area contributed by atoms with E-state index in [1.807, 2.05) is 33.8 Å². The highest BCUT2D eigenvalue weighted by Gasteiger charge is 1.93. The van der Waals surface area contributed by atoms with Gasteiger partial charge in [-0.1, -0.05) is 33.4 Å². The third kappa shape index (κ3) is 7.28. The van der Waals surface area contributed by atoms with Crippen LogP contribution in [0.1, 0.15) is 34.1 Å². The Kier molecular flexibility index (Phi) is 12.1. The van der Waals surface area contributed by atoms with Gasteiger partial charge in [0, 0.05) is 6.21 Å². The second-order valence-corrected chi connectivity index (χ2v) is 1.97. The van der Waals surface area contributed by atoms with Crippen LogP contribution in [0.3, 0.4) is 0 Å². The molecule has 13 heavy (non-hydrogen) atoms. The van der Waals surface area contributed by atoms with Crippen molar-refractivity contribution in [3.63, 3.8) is 0 Å². The van der Waals surface area contributed by atoms with Gasteiger partial charge in [-0.15, -0.1) is 0 Å². The summed E-state index contributed by atoms with van der Waals surface area (Å²) in [6, 6.07) is 0. The molecule has 0 unspecified atom stereocenters. The van der Waals surface area contributed by atoms with Crippen molar-refractivity contribution in [3.05, 3.63) is 24.4 Å². The Bertz CT molecular complexity index is 171. The van der Waals surface area contributed by atoms with Gasteiger partial charge in [0.25, 0.3) is 0 Å². The largest absolute Gasteiger partial charge is 0.226 e. The number of hydrazine groups is 1. The van der Waals surface area contributed by atoms with E-state index in [9.17, 15) is 0 Å². The zero-order valence-corrected chi connectivity index (χ0v) is 9.12. The maximum absolute atomic E-state index is 5.52. The van der Waals surface area contributed by atoms with Gasteiger partial charge in [-0.2, -0.15) is 5.10 Å². The molecule has 0 aromatic carbocycles. The zero-order valence-electron chi connectivity index (χ0n) is 9.12. The van der Waals surface area contributed by atoms with Gasteiger partial charge in [0.1, 0.15) is 0 Å². The summed E-state index contributed by atoms with van der Waals surface area (Å²) >= 11 is 0. The first-order chi connectivity index (χ1) is 6.26. The van der Waals surface area contributed by atoms with E-state index >= 15 is 0 Å². The number of rotatable bonds is 4. The van der Waals surface area contributed by atoms with Crippen LogP contribution < -0.4 is 5.84 Å². The van der Waals surface area contributed by atoms with Gasteiger partial charge in [-0.05, 0) is 19.4 Å². The zero-order chi connectivity index (χ0) is 10.7. The van der Waals surface area contributed by atoms with Gasteiger partial charge in [0.15, 0.2) is 0 Å². The Hall–Kier alpha value is -1.09. The van der Waals surface area contributed by atoms with Crippen molar-refractivity contribution in [3.8, 4) is 0 Å². The van der Waals surface area contributed by atoms with E-state index in [0.717, 1.165) is 12.1 Å². The van der Waals surface area contributed by atoms with E-state index in [1.165, 1.54) is 5.12 Å². The number of allylic oxidation sites excluding steroid dienone is 2. The molecule has 0 aliphatic heterocycles. The van der Waals surface area contributed by atoms with Crippen LogP contribution in [-0.2, 0) is 0 Å². The molecule has 0 aliphatic carbocycles. The first-order valence-electron chi connectivity index (χ1n) is 4.62. The Balaban J connectivity index is 0. The van der Waals surface area contributed by atoms with Crippen LogP contribution in [0.25, 0.3) is 0 Å². The monoisotopic (exact) mass is 183 g/mol. The fourth-order valence-electron chi connectivity index (χ4n) is 0.580. The van der Waals surface area contributed by atoms with Crippen molar-refractivity contribution in [2.75, 3.05) is 0 Å². The lowest BCUT2D eigenvalue weighted by Crippen LogP contribution is -2.23. The standard InChI is InChI=1S/C8H15N3.C2H6/c1-4-7-10-11(9)8(5-2)6-3;1-2/h5-7H,2,4,9H2,1,3H3;1-2H3/b8-6-,10-7-;. The summed E-state index contributed by atoms with van der Waals surface area (Å²) in [4.78, 5) is 0. The fourth-order valence-corrected chi connectivity index (χ4v) is 0.580. The smallest absolute Gasteiger partial charge is 0.0727 e. The second-order valence-electron chi connectivity index (χ2n) is 1.97. The van der Waals surface area contributed by atoms with E-state index in [2.05, 4.69) is 11.7 Å². The van der Waals surface area contributed by atoms with Crippen LogP contribution >= 0.6 is 0 Å².